The summed E-state index contributed by atoms with van der Waals surface area (Å²) in [5, 5.41) is 4.49. The number of hydrogen-bond acceptors (Lipinski definition) is 3. The molecule has 0 aliphatic heterocycles. The lowest BCUT2D eigenvalue weighted by Gasteiger charge is -1.95. The first-order valence-corrected chi connectivity index (χ1v) is 4.90. The smallest absolute Gasteiger partial charge is 0.223 e. The fourth-order valence-corrected chi connectivity index (χ4v) is 0.994. The van der Waals surface area contributed by atoms with Crippen LogP contribution in [0.25, 0.3) is 0 Å². The van der Waals surface area contributed by atoms with E-state index in [9.17, 15) is 8.42 Å². The molecule has 0 heterocycles. The summed E-state index contributed by atoms with van der Waals surface area (Å²) < 4.78 is 21.4. The summed E-state index contributed by atoms with van der Waals surface area (Å²) in [4.78, 5) is 3.50. The van der Waals surface area contributed by atoms with Gasteiger partial charge < -0.3 is 0 Å². The molecule has 0 unspecified atom stereocenters. The van der Waals surface area contributed by atoms with Crippen molar-refractivity contribution < 1.29 is 8.42 Å². The molecule has 6 heteroatoms. The van der Waals surface area contributed by atoms with Gasteiger partial charge in [0.25, 0.3) is 10.0 Å². The number of sulfonamides is 1. The van der Waals surface area contributed by atoms with Gasteiger partial charge in [0.1, 0.15) is 5.16 Å². The second-order valence-corrected chi connectivity index (χ2v) is 3.71. The van der Waals surface area contributed by atoms with Crippen LogP contribution in [-0.4, -0.2) is 13.5 Å². The average Bonchev–Trinajstić information content (AvgIpc) is 1.97. The van der Waals surface area contributed by atoms with E-state index in [0.29, 0.717) is 0 Å². The first-order chi connectivity index (χ1) is 5.41. The molecule has 0 amide bonds. The minimum atomic E-state index is -3.81. The highest BCUT2D eigenvalue weighted by atomic mass is 35.5. The van der Waals surface area contributed by atoms with Gasteiger partial charge in [-0.2, -0.15) is 0 Å². The second-order valence-electron chi connectivity index (χ2n) is 1.81. The topological polar surface area (TPSA) is 72.5 Å². The average molecular weight is 209 g/mol. The molecule has 0 atom stereocenters. The highest BCUT2D eigenvalue weighted by molar-refractivity contribution is 8.04. The van der Waals surface area contributed by atoms with E-state index in [-0.39, 0.29) is 10.2 Å². The minimum absolute atomic E-state index is 0.0546. The van der Waals surface area contributed by atoms with Crippen molar-refractivity contribution in [1.82, 2.24) is 0 Å². The molecule has 0 aromatic rings. The molecule has 0 spiro atoms. The number of halogens is 1. The van der Waals surface area contributed by atoms with Gasteiger partial charge in [0.05, 0.1) is 0 Å². The molecular weight excluding hydrogens is 200 g/mol. The van der Waals surface area contributed by atoms with Gasteiger partial charge in [-0.15, -0.1) is 0 Å². The van der Waals surface area contributed by atoms with Crippen molar-refractivity contribution in [1.29, 1.82) is 0 Å². The van der Waals surface area contributed by atoms with Crippen LogP contribution < -0.4 is 5.14 Å². The van der Waals surface area contributed by atoms with E-state index in [0.717, 1.165) is 6.08 Å². The van der Waals surface area contributed by atoms with Gasteiger partial charge in [0, 0.05) is 0 Å². The van der Waals surface area contributed by atoms with Crippen LogP contribution in [0.15, 0.2) is 28.9 Å². The Bertz CT molecular complexity index is 329. The van der Waals surface area contributed by atoms with Crippen LogP contribution in [0.4, 0.5) is 0 Å². The maximum absolute atomic E-state index is 10.7. The van der Waals surface area contributed by atoms with Gasteiger partial charge in [-0.05, 0) is 13.0 Å². The monoisotopic (exact) mass is 208 g/mol. The lowest BCUT2D eigenvalue weighted by Crippen LogP contribution is -2.21. The summed E-state index contributed by atoms with van der Waals surface area (Å²) in [6.07, 6.45) is 2.47. The molecular formula is C6H9ClN2O2S. The summed E-state index contributed by atoms with van der Waals surface area (Å²) in [6, 6.07) is 0. The van der Waals surface area contributed by atoms with Gasteiger partial charge in [-0.3, -0.25) is 0 Å². The largest absolute Gasteiger partial charge is 0.255 e. The zero-order valence-electron chi connectivity index (χ0n) is 6.49. The Morgan fingerprint density at radius 1 is 1.67 bits per heavy atom. The fraction of sp³-hybridized carbons (Fsp3) is 0.167. The lowest BCUT2D eigenvalue weighted by molar-refractivity contribution is 0.609. The highest BCUT2D eigenvalue weighted by Gasteiger charge is 2.09. The number of hydrogen-bond donors (Lipinski definition) is 1. The standard InChI is InChI=1S/C6H9ClN2O2S/c1-3-5(7)9-6(4-2)12(8,10)11/h3-4H,2H2,1H3,(H2,8,10,11)/b5-3-,9-6+. The summed E-state index contributed by atoms with van der Waals surface area (Å²) in [7, 11) is -3.81. The van der Waals surface area contributed by atoms with E-state index in [2.05, 4.69) is 11.6 Å². The van der Waals surface area contributed by atoms with Crippen molar-refractivity contribution >= 4 is 26.7 Å². The molecule has 0 aromatic carbocycles. The Labute approximate surface area is 76.5 Å². The van der Waals surface area contributed by atoms with Crippen molar-refractivity contribution in [3.63, 3.8) is 0 Å². The first-order valence-electron chi connectivity index (χ1n) is 2.97. The minimum Gasteiger partial charge on any atom is -0.223 e. The van der Waals surface area contributed by atoms with Gasteiger partial charge in [0.15, 0.2) is 5.04 Å². The molecule has 12 heavy (non-hydrogen) atoms. The molecule has 0 radical (unpaired) electrons. The van der Waals surface area contributed by atoms with Gasteiger partial charge in [0.2, 0.25) is 0 Å². The van der Waals surface area contributed by atoms with Crippen LogP contribution in [0, 0.1) is 0 Å². The van der Waals surface area contributed by atoms with Gasteiger partial charge in [-0.25, -0.2) is 18.5 Å². The summed E-state index contributed by atoms with van der Waals surface area (Å²) in [5.41, 5.74) is 0. The van der Waals surface area contributed by atoms with Crippen molar-refractivity contribution in [3.8, 4) is 0 Å². The van der Waals surface area contributed by atoms with Crippen LogP contribution in [0.5, 0.6) is 0 Å². The van der Waals surface area contributed by atoms with Gasteiger partial charge in [-0.1, -0.05) is 24.3 Å². The Balaban J connectivity index is 5.08. The van der Waals surface area contributed by atoms with E-state index in [1.165, 1.54) is 6.08 Å². The Morgan fingerprint density at radius 2 is 2.17 bits per heavy atom. The van der Waals surface area contributed by atoms with Crippen molar-refractivity contribution in [2.45, 2.75) is 6.92 Å². The van der Waals surface area contributed by atoms with Crippen LogP contribution in [0.1, 0.15) is 6.92 Å². The number of nitrogens with zero attached hydrogens (tertiary/aromatic N) is 1. The molecule has 0 aliphatic rings. The molecule has 0 aliphatic carbocycles. The third kappa shape index (κ3) is 3.66. The fourth-order valence-electron chi connectivity index (χ4n) is 0.395. The zero-order chi connectivity index (χ0) is 9.78. The second kappa shape index (κ2) is 4.39. The van der Waals surface area contributed by atoms with E-state index in [1.807, 2.05) is 0 Å². The predicted molar refractivity (Wildman–Crippen MR) is 50.3 cm³/mol. The molecule has 0 bridgehead atoms. The normalized spacial score (nSPS) is 14.6. The van der Waals surface area contributed by atoms with Crippen LogP contribution >= 0.6 is 11.6 Å². The molecule has 2 N–H and O–H groups in total. The molecule has 4 nitrogen and oxygen atoms in total. The summed E-state index contributed by atoms with van der Waals surface area (Å²) in [5.74, 6) is 0. The van der Waals surface area contributed by atoms with Crippen molar-refractivity contribution in [3.05, 3.63) is 23.9 Å². The number of aliphatic imine (C=N–C) groups is 1. The molecule has 0 rings (SSSR count). The van der Waals surface area contributed by atoms with Crippen LogP contribution in [0.3, 0.4) is 0 Å². The molecule has 0 saturated carbocycles. The number of nitrogens with two attached hydrogens (primary N) is 1. The maximum atomic E-state index is 10.7. The van der Waals surface area contributed by atoms with E-state index >= 15 is 0 Å². The molecule has 0 aromatic heterocycles. The lowest BCUT2D eigenvalue weighted by atomic mass is 10.6. The van der Waals surface area contributed by atoms with E-state index in [4.69, 9.17) is 16.7 Å². The van der Waals surface area contributed by atoms with Gasteiger partial charge >= 0.3 is 0 Å². The molecule has 68 valence electrons. The Kier molecular flexibility index (Phi) is 4.16. The zero-order valence-corrected chi connectivity index (χ0v) is 8.06. The number of rotatable bonds is 2. The third-order valence-electron chi connectivity index (χ3n) is 0.921. The van der Waals surface area contributed by atoms with Crippen LogP contribution in [0.2, 0.25) is 0 Å². The maximum Gasteiger partial charge on any atom is 0.255 e. The molecule has 0 saturated heterocycles. The quantitative estimate of drug-likeness (QED) is 0.417. The third-order valence-corrected chi connectivity index (χ3v) is 2.07. The Morgan fingerprint density at radius 3 is 2.42 bits per heavy atom. The summed E-state index contributed by atoms with van der Waals surface area (Å²) >= 11 is 5.45. The predicted octanol–water partition coefficient (Wildman–Crippen LogP) is 0.960. The molecule has 0 fully saturated rings. The highest BCUT2D eigenvalue weighted by Crippen LogP contribution is 2.04. The van der Waals surface area contributed by atoms with Crippen molar-refractivity contribution in [2.24, 2.45) is 10.1 Å². The number of primary sulfonamides is 1. The van der Waals surface area contributed by atoms with Crippen LogP contribution in [-0.2, 0) is 10.0 Å². The summed E-state index contributed by atoms with van der Waals surface area (Å²) in [6.45, 7) is 4.86. The van der Waals surface area contributed by atoms with E-state index < -0.39 is 10.0 Å². The Hall–Kier alpha value is -0.650. The van der Waals surface area contributed by atoms with Crippen molar-refractivity contribution in [2.75, 3.05) is 0 Å². The number of allylic oxidation sites excluding steroid dienone is 1. The first kappa shape index (κ1) is 11.4. The van der Waals surface area contributed by atoms with E-state index in [1.54, 1.807) is 6.92 Å². The SMILES string of the molecule is C=C/C(=N\C(Cl)=C/C)S(N)(=O)=O.